The number of nitrogens with zero attached hydrogens (tertiary/aromatic N) is 2. The molecule has 1 aromatic heterocycles. The van der Waals surface area contributed by atoms with Gasteiger partial charge in [-0.2, -0.15) is 0 Å². The van der Waals surface area contributed by atoms with E-state index in [4.69, 9.17) is 11.6 Å². The van der Waals surface area contributed by atoms with Crippen LogP contribution in [0.2, 0.25) is 5.15 Å². The van der Waals surface area contributed by atoms with Gasteiger partial charge in [-0.1, -0.05) is 24.4 Å². The quantitative estimate of drug-likeness (QED) is 0.680. The number of hydrogen-bond acceptors (Lipinski definition) is 2. The van der Waals surface area contributed by atoms with Crippen molar-refractivity contribution in [3.8, 4) is 0 Å². The van der Waals surface area contributed by atoms with Crippen LogP contribution in [-0.2, 0) is 0 Å². The Balaban J connectivity index is 2.19. The molecule has 0 amide bonds. The lowest BCUT2D eigenvalue weighted by atomic mass is 10.2. The van der Waals surface area contributed by atoms with Crippen LogP contribution in [0.4, 0.5) is 5.82 Å². The highest BCUT2D eigenvalue weighted by Crippen LogP contribution is 2.20. The number of halogens is 1. The molecule has 0 unspecified atom stereocenters. The zero-order valence-corrected chi connectivity index (χ0v) is 9.93. The molecule has 0 bridgehead atoms. The Morgan fingerprint density at radius 2 is 1.80 bits per heavy atom. The van der Waals surface area contributed by atoms with Crippen LogP contribution in [0.3, 0.4) is 0 Å². The highest BCUT2D eigenvalue weighted by atomic mass is 35.5. The van der Waals surface area contributed by atoms with Crippen molar-refractivity contribution in [1.29, 1.82) is 0 Å². The van der Waals surface area contributed by atoms with Crippen molar-refractivity contribution in [3.05, 3.63) is 22.8 Å². The van der Waals surface area contributed by atoms with Gasteiger partial charge in [-0.25, -0.2) is 4.98 Å². The molecular weight excluding hydrogens is 208 g/mol. The smallest absolute Gasteiger partial charge is 0.131 e. The summed E-state index contributed by atoms with van der Waals surface area (Å²) >= 11 is 5.97. The number of aromatic nitrogens is 1. The molecule has 0 spiro atoms. The lowest BCUT2D eigenvalue weighted by Crippen LogP contribution is -2.24. The summed E-state index contributed by atoms with van der Waals surface area (Å²) < 4.78 is 0. The minimum atomic E-state index is 0.606. The Kier molecular flexibility index (Phi) is 3.47. The van der Waals surface area contributed by atoms with Crippen LogP contribution >= 0.6 is 11.6 Å². The van der Waals surface area contributed by atoms with E-state index in [1.165, 1.54) is 31.2 Å². The number of pyridine rings is 1. The molecule has 82 valence electrons. The molecule has 1 aromatic rings. The van der Waals surface area contributed by atoms with Crippen molar-refractivity contribution in [3.63, 3.8) is 0 Å². The van der Waals surface area contributed by atoms with Crippen LogP contribution < -0.4 is 4.90 Å². The second-order valence-electron chi connectivity index (χ2n) is 4.23. The second kappa shape index (κ2) is 4.84. The molecule has 2 nitrogen and oxygen atoms in total. The number of aryl methyl sites for hydroxylation is 1. The van der Waals surface area contributed by atoms with E-state index in [2.05, 4.69) is 22.9 Å². The average Bonchev–Trinajstić information content (AvgIpc) is 2.43. The van der Waals surface area contributed by atoms with Crippen LogP contribution in [0.5, 0.6) is 0 Å². The minimum Gasteiger partial charge on any atom is -0.357 e. The SMILES string of the molecule is Cc1cc(Cl)nc(N2CCCCCC2)c1. The largest absolute Gasteiger partial charge is 0.357 e. The predicted octanol–water partition coefficient (Wildman–Crippen LogP) is 3.42. The Morgan fingerprint density at radius 1 is 1.13 bits per heavy atom. The first-order chi connectivity index (χ1) is 7.25. The Labute approximate surface area is 96.3 Å². The van der Waals surface area contributed by atoms with E-state index >= 15 is 0 Å². The number of rotatable bonds is 1. The fraction of sp³-hybridized carbons (Fsp3) is 0.583. The van der Waals surface area contributed by atoms with Gasteiger partial charge < -0.3 is 4.90 Å². The number of hydrogen-bond donors (Lipinski definition) is 0. The lowest BCUT2D eigenvalue weighted by Gasteiger charge is -2.21. The van der Waals surface area contributed by atoms with Crippen molar-refractivity contribution in [2.45, 2.75) is 32.6 Å². The van der Waals surface area contributed by atoms with Crippen LogP contribution in [0.1, 0.15) is 31.2 Å². The van der Waals surface area contributed by atoms with Crippen molar-refractivity contribution < 1.29 is 0 Å². The summed E-state index contributed by atoms with van der Waals surface area (Å²) in [6.07, 6.45) is 5.23. The molecule has 0 atom stereocenters. The van der Waals surface area contributed by atoms with Crippen molar-refractivity contribution >= 4 is 17.4 Å². The molecular formula is C12H17ClN2. The van der Waals surface area contributed by atoms with Gasteiger partial charge in [-0.15, -0.1) is 0 Å². The first kappa shape index (κ1) is 10.7. The Morgan fingerprint density at radius 3 is 2.40 bits per heavy atom. The monoisotopic (exact) mass is 224 g/mol. The van der Waals surface area contributed by atoms with Crippen molar-refractivity contribution in [2.75, 3.05) is 18.0 Å². The molecule has 0 N–H and O–H groups in total. The van der Waals surface area contributed by atoms with Gasteiger partial charge >= 0.3 is 0 Å². The first-order valence-corrected chi connectivity index (χ1v) is 6.02. The van der Waals surface area contributed by atoms with Gasteiger partial charge in [-0.05, 0) is 37.5 Å². The summed E-state index contributed by atoms with van der Waals surface area (Å²) in [5.74, 6) is 1.04. The fourth-order valence-corrected chi connectivity index (χ4v) is 2.33. The van der Waals surface area contributed by atoms with E-state index in [0.29, 0.717) is 5.15 Å². The van der Waals surface area contributed by atoms with Gasteiger partial charge in [0.1, 0.15) is 11.0 Å². The number of anilines is 1. The molecule has 1 fully saturated rings. The zero-order chi connectivity index (χ0) is 10.7. The normalized spacial score (nSPS) is 17.6. The van der Waals surface area contributed by atoms with E-state index in [0.717, 1.165) is 18.9 Å². The van der Waals surface area contributed by atoms with Crippen molar-refractivity contribution in [2.24, 2.45) is 0 Å². The van der Waals surface area contributed by atoms with Gasteiger partial charge in [0.15, 0.2) is 0 Å². The summed E-state index contributed by atoms with van der Waals surface area (Å²) in [6.45, 7) is 4.30. The molecule has 0 radical (unpaired) electrons. The molecule has 3 heteroatoms. The standard InChI is InChI=1S/C12H17ClN2/c1-10-8-11(13)14-12(9-10)15-6-4-2-3-5-7-15/h8-9H,2-7H2,1H3. The molecule has 15 heavy (non-hydrogen) atoms. The topological polar surface area (TPSA) is 16.1 Å². The van der Waals surface area contributed by atoms with Crippen LogP contribution in [0, 0.1) is 6.92 Å². The Bertz CT molecular complexity index is 310. The van der Waals surface area contributed by atoms with E-state index < -0.39 is 0 Å². The third-order valence-electron chi connectivity index (χ3n) is 2.85. The third-order valence-corrected chi connectivity index (χ3v) is 3.05. The molecule has 2 heterocycles. The lowest BCUT2D eigenvalue weighted by molar-refractivity contribution is 0.726. The summed E-state index contributed by atoms with van der Waals surface area (Å²) in [4.78, 5) is 6.74. The maximum absolute atomic E-state index is 5.97. The predicted molar refractivity (Wildman–Crippen MR) is 64.7 cm³/mol. The first-order valence-electron chi connectivity index (χ1n) is 5.65. The van der Waals surface area contributed by atoms with E-state index in [9.17, 15) is 0 Å². The van der Waals surface area contributed by atoms with Crippen molar-refractivity contribution in [1.82, 2.24) is 4.98 Å². The van der Waals surface area contributed by atoms with E-state index in [1.54, 1.807) is 0 Å². The maximum atomic E-state index is 5.97. The van der Waals surface area contributed by atoms with Crippen LogP contribution in [0.25, 0.3) is 0 Å². The highest BCUT2D eigenvalue weighted by Gasteiger charge is 2.11. The van der Waals surface area contributed by atoms with Crippen LogP contribution in [-0.4, -0.2) is 18.1 Å². The molecule has 0 aliphatic carbocycles. The van der Waals surface area contributed by atoms with E-state index in [-0.39, 0.29) is 0 Å². The van der Waals surface area contributed by atoms with Gasteiger partial charge in [0.05, 0.1) is 0 Å². The molecule has 0 saturated carbocycles. The molecule has 2 rings (SSSR count). The van der Waals surface area contributed by atoms with Gasteiger partial charge in [-0.3, -0.25) is 0 Å². The van der Waals surface area contributed by atoms with Gasteiger partial charge in [0.25, 0.3) is 0 Å². The summed E-state index contributed by atoms with van der Waals surface area (Å²) in [5, 5.41) is 0.606. The summed E-state index contributed by atoms with van der Waals surface area (Å²) in [5.41, 5.74) is 1.19. The highest BCUT2D eigenvalue weighted by molar-refractivity contribution is 6.29. The maximum Gasteiger partial charge on any atom is 0.131 e. The van der Waals surface area contributed by atoms with Gasteiger partial charge in [0.2, 0.25) is 0 Å². The minimum absolute atomic E-state index is 0.606. The molecule has 1 aliphatic rings. The average molecular weight is 225 g/mol. The van der Waals surface area contributed by atoms with Gasteiger partial charge in [0, 0.05) is 13.1 Å². The Hall–Kier alpha value is -0.760. The second-order valence-corrected chi connectivity index (χ2v) is 4.61. The third kappa shape index (κ3) is 2.85. The zero-order valence-electron chi connectivity index (χ0n) is 9.17. The van der Waals surface area contributed by atoms with E-state index in [1.807, 2.05) is 6.07 Å². The molecule has 0 aromatic carbocycles. The fourth-order valence-electron chi connectivity index (χ4n) is 2.07. The van der Waals surface area contributed by atoms with Crippen LogP contribution in [0.15, 0.2) is 12.1 Å². The molecule has 1 aliphatic heterocycles. The molecule has 1 saturated heterocycles. The summed E-state index contributed by atoms with van der Waals surface area (Å²) in [7, 11) is 0. The summed E-state index contributed by atoms with van der Waals surface area (Å²) in [6, 6.07) is 4.03.